The van der Waals surface area contributed by atoms with Crippen LogP contribution in [0.2, 0.25) is 0 Å². The number of ether oxygens (including phenoxy) is 1. The highest BCUT2D eigenvalue weighted by molar-refractivity contribution is 5.78. The molecule has 0 atom stereocenters. The molecule has 0 aliphatic rings. The van der Waals surface area contributed by atoms with Gasteiger partial charge in [-0.25, -0.2) is 0 Å². The van der Waals surface area contributed by atoms with Crippen molar-refractivity contribution in [3.63, 3.8) is 0 Å². The summed E-state index contributed by atoms with van der Waals surface area (Å²) in [6.07, 6.45) is 5.29. The summed E-state index contributed by atoms with van der Waals surface area (Å²) in [5.41, 5.74) is 0.966. The quantitative estimate of drug-likeness (QED) is 0.605. The van der Waals surface area contributed by atoms with Crippen LogP contribution >= 0.6 is 0 Å². The molecule has 92 valence electrons. The maximum atomic E-state index is 11.6. The summed E-state index contributed by atoms with van der Waals surface area (Å²) in [5.74, 6) is 0.826. The van der Waals surface area contributed by atoms with Crippen molar-refractivity contribution in [2.75, 3.05) is 13.7 Å². The minimum atomic E-state index is 0.0442. The highest BCUT2D eigenvalue weighted by Gasteiger charge is 2.03. The number of allylic oxidation sites excluding steroid dienone is 1. The minimum Gasteiger partial charge on any atom is -0.497 e. The first kappa shape index (κ1) is 13.3. The lowest BCUT2D eigenvalue weighted by Crippen LogP contribution is -2.25. The first-order valence-corrected chi connectivity index (χ1v) is 5.77. The number of nitrogens with one attached hydrogen (secondary N) is 1. The molecule has 1 amide bonds. The van der Waals surface area contributed by atoms with Gasteiger partial charge in [0, 0.05) is 6.54 Å². The fraction of sp³-hybridized carbons (Fsp3) is 0.357. The predicted molar refractivity (Wildman–Crippen MR) is 69.1 cm³/mol. The van der Waals surface area contributed by atoms with E-state index in [1.165, 1.54) is 0 Å². The van der Waals surface area contributed by atoms with E-state index < -0.39 is 0 Å². The lowest BCUT2D eigenvalue weighted by molar-refractivity contribution is -0.120. The van der Waals surface area contributed by atoms with E-state index in [0.717, 1.165) is 17.7 Å². The van der Waals surface area contributed by atoms with Crippen molar-refractivity contribution < 1.29 is 9.53 Å². The molecule has 3 heteroatoms. The van der Waals surface area contributed by atoms with Gasteiger partial charge in [0.2, 0.25) is 5.91 Å². The van der Waals surface area contributed by atoms with E-state index in [-0.39, 0.29) is 5.91 Å². The van der Waals surface area contributed by atoms with Crippen LogP contribution in [0.15, 0.2) is 36.4 Å². The molecule has 0 fully saturated rings. The van der Waals surface area contributed by atoms with Gasteiger partial charge in [-0.3, -0.25) is 4.79 Å². The SMILES string of the molecule is C/C=C/CCNC(=O)Cc1cccc(OC)c1. The molecule has 0 spiro atoms. The van der Waals surface area contributed by atoms with Crippen LogP contribution < -0.4 is 10.1 Å². The third-order valence-electron chi connectivity index (χ3n) is 2.37. The molecule has 0 unspecified atom stereocenters. The zero-order chi connectivity index (χ0) is 12.5. The maximum Gasteiger partial charge on any atom is 0.224 e. The van der Waals surface area contributed by atoms with Gasteiger partial charge in [0.05, 0.1) is 13.5 Å². The topological polar surface area (TPSA) is 38.3 Å². The molecule has 3 nitrogen and oxygen atoms in total. The van der Waals surface area contributed by atoms with E-state index in [1.807, 2.05) is 43.3 Å². The largest absolute Gasteiger partial charge is 0.497 e. The summed E-state index contributed by atoms with van der Waals surface area (Å²) >= 11 is 0. The Morgan fingerprint density at radius 2 is 2.29 bits per heavy atom. The molecular weight excluding hydrogens is 214 g/mol. The van der Waals surface area contributed by atoms with Gasteiger partial charge in [0.1, 0.15) is 5.75 Å². The van der Waals surface area contributed by atoms with Gasteiger partial charge in [-0.2, -0.15) is 0 Å². The van der Waals surface area contributed by atoms with Crippen LogP contribution in [-0.4, -0.2) is 19.6 Å². The van der Waals surface area contributed by atoms with Gasteiger partial charge in [0.15, 0.2) is 0 Å². The summed E-state index contributed by atoms with van der Waals surface area (Å²) in [7, 11) is 1.62. The summed E-state index contributed by atoms with van der Waals surface area (Å²) in [5, 5.41) is 2.87. The van der Waals surface area contributed by atoms with Crippen molar-refractivity contribution in [2.45, 2.75) is 19.8 Å². The second-order valence-corrected chi connectivity index (χ2v) is 3.74. The lowest BCUT2D eigenvalue weighted by atomic mass is 10.1. The fourth-order valence-electron chi connectivity index (χ4n) is 1.49. The smallest absolute Gasteiger partial charge is 0.224 e. The number of hydrogen-bond acceptors (Lipinski definition) is 2. The number of hydrogen-bond donors (Lipinski definition) is 1. The second-order valence-electron chi connectivity index (χ2n) is 3.74. The van der Waals surface area contributed by atoms with Gasteiger partial charge < -0.3 is 10.1 Å². The molecule has 17 heavy (non-hydrogen) atoms. The first-order valence-electron chi connectivity index (χ1n) is 5.77. The molecule has 1 rings (SSSR count). The lowest BCUT2D eigenvalue weighted by Gasteiger charge is -2.05. The molecule has 0 radical (unpaired) electrons. The van der Waals surface area contributed by atoms with E-state index in [2.05, 4.69) is 5.32 Å². The standard InChI is InChI=1S/C14H19NO2/c1-3-4-5-9-15-14(16)11-12-7-6-8-13(10-12)17-2/h3-4,6-8,10H,5,9,11H2,1-2H3,(H,15,16)/b4-3+. The number of amides is 1. The zero-order valence-corrected chi connectivity index (χ0v) is 10.4. The molecule has 0 heterocycles. The Hall–Kier alpha value is -1.77. The number of benzene rings is 1. The van der Waals surface area contributed by atoms with Crippen molar-refractivity contribution in [1.82, 2.24) is 5.32 Å². The monoisotopic (exact) mass is 233 g/mol. The van der Waals surface area contributed by atoms with E-state index in [9.17, 15) is 4.79 Å². The van der Waals surface area contributed by atoms with Crippen molar-refractivity contribution in [2.24, 2.45) is 0 Å². The predicted octanol–water partition coefficient (Wildman–Crippen LogP) is 2.32. The van der Waals surface area contributed by atoms with Crippen LogP contribution in [0.3, 0.4) is 0 Å². The first-order chi connectivity index (χ1) is 8.26. The molecule has 1 aromatic rings. The molecular formula is C14H19NO2. The second kappa shape index (κ2) is 7.49. The third kappa shape index (κ3) is 5.20. The number of rotatable bonds is 6. The average Bonchev–Trinajstić information content (AvgIpc) is 2.35. The number of methoxy groups -OCH3 is 1. The molecule has 0 bridgehead atoms. The maximum absolute atomic E-state index is 11.6. The molecule has 0 aromatic heterocycles. The van der Waals surface area contributed by atoms with Crippen LogP contribution in [-0.2, 0) is 11.2 Å². The summed E-state index contributed by atoms with van der Waals surface area (Å²) in [6.45, 7) is 2.66. The Labute approximate surface area is 102 Å². The number of carbonyl (C=O) groups excluding carboxylic acids is 1. The van der Waals surface area contributed by atoms with Gasteiger partial charge in [-0.1, -0.05) is 24.3 Å². The molecule has 0 saturated heterocycles. The van der Waals surface area contributed by atoms with E-state index >= 15 is 0 Å². The Balaban J connectivity index is 2.39. The molecule has 0 saturated carbocycles. The number of carbonyl (C=O) groups is 1. The van der Waals surface area contributed by atoms with Crippen LogP contribution in [0.25, 0.3) is 0 Å². The van der Waals surface area contributed by atoms with Gasteiger partial charge in [-0.15, -0.1) is 0 Å². The van der Waals surface area contributed by atoms with Crippen molar-refractivity contribution in [3.8, 4) is 5.75 Å². The van der Waals surface area contributed by atoms with Crippen LogP contribution in [0.1, 0.15) is 18.9 Å². The highest BCUT2D eigenvalue weighted by Crippen LogP contribution is 2.12. The summed E-state index contributed by atoms with van der Waals surface area (Å²) in [4.78, 5) is 11.6. The van der Waals surface area contributed by atoms with Gasteiger partial charge >= 0.3 is 0 Å². The molecule has 1 aromatic carbocycles. The third-order valence-corrected chi connectivity index (χ3v) is 2.37. The Morgan fingerprint density at radius 1 is 1.47 bits per heavy atom. The summed E-state index contributed by atoms with van der Waals surface area (Å²) in [6, 6.07) is 7.56. The average molecular weight is 233 g/mol. The van der Waals surface area contributed by atoms with Crippen molar-refractivity contribution in [3.05, 3.63) is 42.0 Å². The van der Waals surface area contributed by atoms with E-state index in [1.54, 1.807) is 7.11 Å². The molecule has 1 N–H and O–H groups in total. The Morgan fingerprint density at radius 3 is 3.00 bits per heavy atom. The highest BCUT2D eigenvalue weighted by atomic mass is 16.5. The van der Waals surface area contributed by atoms with Crippen LogP contribution in [0, 0.1) is 0 Å². The van der Waals surface area contributed by atoms with Crippen molar-refractivity contribution in [1.29, 1.82) is 0 Å². The Bertz CT molecular complexity index is 386. The minimum absolute atomic E-state index is 0.0442. The normalized spacial score (nSPS) is 10.5. The van der Waals surface area contributed by atoms with E-state index in [0.29, 0.717) is 13.0 Å². The zero-order valence-electron chi connectivity index (χ0n) is 10.4. The van der Waals surface area contributed by atoms with Gasteiger partial charge in [0.25, 0.3) is 0 Å². The fourth-order valence-corrected chi connectivity index (χ4v) is 1.49. The van der Waals surface area contributed by atoms with Crippen molar-refractivity contribution >= 4 is 5.91 Å². The Kier molecular flexibility index (Phi) is 5.86. The molecule has 0 aliphatic carbocycles. The van der Waals surface area contributed by atoms with Crippen LogP contribution in [0.4, 0.5) is 0 Å². The summed E-state index contributed by atoms with van der Waals surface area (Å²) < 4.78 is 5.11. The molecule has 0 aliphatic heterocycles. The van der Waals surface area contributed by atoms with E-state index in [4.69, 9.17) is 4.74 Å². The van der Waals surface area contributed by atoms with Gasteiger partial charge in [-0.05, 0) is 31.0 Å². The van der Waals surface area contributed by atoms with Crippen LogP contribution in [0.5, 0.6) is 5.75 Å².